The predicted octanol–water partition coefficient (Wildman–Crippen LogP) is 4.42. The first-order valence-corrected chi connectivity index (χ1v) is 11.6. The highest BCUT2D eigenvalue weighted by Crippen LogP contribution is 2.29. The first kappa shape index (κ1) is 23.0. The molecule has 8 nitrogen and oxygen atoms in total. The molecule has 0 radical (unpaired) electrons. The second kappa shape index (κ2) is 10.3. The molecule has 0 aliphatic rings. The van der Waals surface area contributed by atoms with Gasteiger partial charge in [-0.2, -0.15) is 0 Å². The summed E-state index contributed by atoms with van der Waals surface area (Å²) in [6.45, 7) is 2.08. The molecule has 5 aromatic rings. The highest BCUT2D eigenvalue weighted by atomic mass is 16.3. The molecule has 1 atom stereocenters. The van der Waals surface area contributed by atoms with Gasteiger partial charge in [0.25, 0.3) is 0 Å². The van der Waals surface area contributed by atoms with Gasteiger partial charge in [-0.3, -0.25) is 14.5 Å². The molecule has 180 valence electrons. The van der Waals surface area contributed by atoms with E-state index in [0.29, 0.717) is 22.5 Å². The summed E-state index contributed by atoms with van der Waals surface area (Å²) in [6, 6.07) is 26.9. The SMILES string of the molecule is Cc1cccc(N(C(=O)Cn2nnc3ccccc32)[C@@H](C(=O)NCc2ccco2)c2ccccc2)c1. The van der Waals surface area contributed by atoms with Gasteiger partial charge in [-0.1, -0.05) is 59.8 Å². The maximum atomic E-state index is 14.0. The Kier molecular flexibility index (Phi) is 6.57. The highest BCUT2D eigenvalue weighted by molar-refractivity contribution is 6.01. The van der Waals surface area contributed by atoms with Crippen LogP contribution in [-0.4, -0.2) is 26.8 Å². The van der Waals surface area contributed by atoms with Crippen LogP contribution < -0.4 is 10.2 Å². The molecule has 0 spiro atoms. The largest absolute Gasteiger partial charge is 0.467 e. The van der Waals surface area contributed by atoms with Crippen LogP contribution in [0, 0.1) is 6.92 Å². The van der Waals surface area contributed by atoms with Gasteiger partial charge in [0.05, 0.1) is 18.3 Å². The third-order valence-corrected chi connectivity index (χ3v) is 5.89. The van der Waals surface area contributed by atoms with Gasteiger partial charge in [-0.05, 0) is 54.4 Å². The van der Waals surface area contributed by atoms with Gasteiger partial charge in [0, 0.05) is 5.69 Å². The lowest BCUT2D eigenvalue weighted by molar-refractivity contribution is -0.127. The number of carbonyl (C=O) groups excluding carboxylic acids is 2. The zero-order valence-electron chi connectivity index (χ0n) is 19.7. The van der Waals surface area contributed by atoms with Crippen LogP contribution in [-0.2, 0) is 22.7 Å². The summed E-state index contributed by atoms with van der Waals surface area (Å²) in [4.78, 5) is 29.2. The Bertz CT molecular complexity index is 1480. The fourth-order valence-electron chi connectivity index (χ4n) is 4.19. The van der Waals surface area contributed by atoms with Gasteiger partial charge in [-0.15, -0.1) is 5.10 Å². The predicted molar refractivity (Wildman–Crippen MR) is 136 cm³/mol. The Morgan fingerprint density at radius 3 is 2.56 bits per heavy atom. The van der Waals surface area contributed by atoms with Crippen molar-refractivity contribution < 1.29 is 14.0 Å². The zero-order chi connectivity index (χ0) is 24.9. The van der Waals surface area contributed by atoms with Gasteiger partial charge in [0.1, 0.15) is 23.9 Å². The van der Waals surface area contributed by atoms with Crippen molar-refractivity contribution in [2.45, 2.75) is 26.1 Å². The second-order valence-corrected chi connectivity index (χ2v) is 8.45. The Labute approximate surface area is 208 Å². The van der Waals surface area contributed by atoms with E-state index in [1.807, 2.05) is 85.8 Å². The van der Waals surface area contributed by atoms with Crippen LogP contribution in [0.15, 0.2) is 102 Å². The van der Waals surface area contributed by atoms with Crippen LogP contribution in [0.5, 0.6) is 0 Å². The molecular formula is C28H25N5O3. The van der Waals surface area contributed by atoms with E-state index in [-0.39, 0.29) is 24.9 Å². The number of fused-ring (bicyclic) bond motifs is 1. The lowest BCUT2D eigenvalue weighted by Gasteiger charge is -2.31. The average molecular weight is 480 g/mol. The average Bonchev–Trinajstić information content (AvgIpc) is 3.56. The number of para-hydroxylation sites is 1. The summed E-state index contributed by atoms with van der Waals surface area (Å²) in [5.41, 5.74) is 3.72. The molecule has 0 unspecified atom stereocenters. The lowest BCUT2D eigenvalue weighted by atomic mass is 10.0. The van der Waals surface area contributed by atoms with Crippen molar-refractivity contribution in [1.82, 2.24) is 20.3 Å². The molecule has 36 heavy (non-hydrogen) atoms. The quantitative estimate of drug-likeness (QED) is 0.356. The summed E-state index contributed by atoms with van der Waals surface area (Å²) in [6.07, 6.45) is 1.56. The number of carbonyl (C=O) groups is 2. The standard InChI is InChI=1S/C28H25N5O3/c1-20-9-7-12-22(17-20)33(26(34)19-32-25-15-6-5-14-24(25)30-31-32)27(21-10-3-2-4-11-21)28(35)29-18-23-13-8-16-36-23/h2-17,27H,18-19H2,1H3,(H,29,35)/t27-/m1/s1. The first-order chi connectivity index (χ1) is 17.6. The molecule has 0 saturated heterocycles. The van der Waals surface area contributed by atoms with E-state index in [1.165, 1.54) is 4.90 Å². The lowest BCUT2D eigenvalue weighted by Crippen LogP contribution is -2.45. The van der Waals surface area contributed by atoms with E-state index in [2.05, 4.69) is 15.6 Å². The molecule has 0 fully saturated rings. The number of rotatable bonds is 8. The summed E-state index contributed by atoms with van der Waals surface area (Å²) in [7, 11) is 0. The summed E-state index contributed by atoms with van der Waals surface area (Å²) >= 11 is 0. The van der Waals surface area contributed by atoms with Gasteiger partial charge in [0.2, 0.25) is 11.8 Å². The van der Waals surface area contributed by atoms with Gasteiger partial charge in [-0.25, -0.2) is 4.68 Å². The smallest absolute Gasteiger partial charge is 0.249 e. The van der Waals surface area contributed by atoms with E-state index in [4.69, 9.17) is 4.42 Å². The first-order valence-electron chi connectivity index (χ1n) is 11.6. The minimum Gasteiger partial charge on any atom is -0.467 e. The molecular weight excluding hydrogens is 454 g/mol. The molecule has 2 amide bonds. The van der Waals surface area contributed by atoms with Crippen LogP contribution in [0.1, 0.15) is 22.9 Å². The van der Waals surface area contributed by atoms with Crippen LogP contribution in [0.4, 0.5) is 5.69 Å². The van der Waals surface area contributed by atoms with Crippen molar-refractivity contribution in [2.75, 3.05) is 4.90 Å². The number of anilines is 1. The minimum atomic E-state index is -0.912. The van der Waals surface area contributed by atoms with E-state index >= 15 is 0 Å². The number of hydrogen-bond acceptors (Lipinski definition) is 5. The number of benzene rings is 3. The summed E-state index contributed by atoms with van der Waals surface area (Å²) in [5.74, 6) is 0.00633. The van der Waals surface area contributed by atoms with Crippen LogP contribution in [0.25, 0.3) is 11.0 Å². The summed E-state index contributed by atoms with van der Waals surface area (Å²) in [5, 5.41) is 11.3. The molecule has 0 bridgehead atoms. The number of hydrogen-bond donors (Lipinski definition) is 1. The monoisotopic (exact) mass is 479 g/mol. The maximum absolute atomic E-state index is 14.0. The van der Waals surface area contributed by atoms with Crippen molar-refractivity contribution in [1.29, 1.82) is 0 Å². The van der Waals surface area contributed by atoms with E-state index in [0.717, 1.165) is 11.1 Å². The van der Waals surface area contributed by atoms with Crippen molar-refractivity contribution in [3.63, 3.8) is 0 Å². The minimum absolute atomic E-state index is 0.0801. The maximum Gasteiger partial charge on any atom is 0.249 e. The van der Waals surface area contributed by atoms with Crippen molar-refractivity contribution in [2.24, 2.45) is 0 Å². The fraction of sp³-hybridized carbons (Fsp3) is 0.143. The number of nitrogens with zero attached hydrogens (tertiary/aromatic N) is 4. The van der Waals surface area contributed by atoms with Crippen LogP contribution >= 0.6 is 0 Å². The number of aryl methyl sites for hydroxylation is 1. The Hall–Kier alpha value is -4.72. The van der Waals surface area contributed by atoms with Gasteiger partial charge in [0.15, 0.2) is 0 Å². The van der Waals surface area contributed by atoms with Gasteiger partial charge < -0.3 is 9.73 Å². The second-order valence-electron chi connectivity index (χ2n) is 8.45. The van der Waals surface area contributed by atoms with E-state index < -0.39 is 6.04 Å². The number of amides is 2. The third-order valence-electron chi connectivity index (χ3n) is 5.89. The molecule has 0 aliphatic heterocycles. The van der Waals surface area contributed by atoms with E-state index in [9.17, 15) is 9.59 Å². The molecule has 2 aromatic heterocycles. The molecule has 8 heteroatoms. The third kappa shape index (κ3) is 4.88. The Morgan fingerprint density at radius 2 is 1.78 bits per heavy atom. The molecule has 5 rings (SSSR count). The molecule has 3 aromatic carbocycles. The Balaban J connectivity index is 1.54. The summed E-state index contributed by atoms with van der Waals surface area (Å²) < 4.78 is 6.93. The van der Waals surface area contributed by atoms with E-state index in [1.54, 1.807) is 23.1 Å². The Morgan fingerprint density at radius 1 is 0.972 bits per heavy atom. The highest BCUT2D eigenvalue weighted by Gasteiger charge is 2.33. The zero-order valence-corrected chi connectivity index (χ0v) is 19.7. The number of nitrogens with one attached hydrogen (secondary N) is 1. The molecule has 2 heterocycles. The number of aromatic nitrogens is 3. The molecule has 0 aliphatic carbocycles. The normalized spacial score (nSPS) is 11.8. The molecule has 0 saturated carbocycles. The van der Waals surface area contributed by atoms with Crippen LogP contribution in [0.2, 0.25) is 0 Å². The van der Waals surface area contributed by atoms with Gasteiger partial charge >= 0.3 is 0 Å². The van der Waals surface area contributed by atoms with Crippen LogP contribution in [0.3, 0.4) is 0 Å². The van der Waals surface area contributed by atoms with Crippen molar-refractivity contribution in [3.8, 4) is 0 Å². The van der Waals surface area contributed by atoms with Crippen molar-refractivity contribution in [3.05, 3.63) is 114 Å². The fourth-order valence-corrected chi connectivity index (χ4v) is 4.19. The molecule has 1 N–H and O–H groups in total. The van der Waals surface area contributed by atoms with Crippen molar-refractivity contribution >= 4 is 28.5 Å². The topological polar surface area (TPSA) is 93.3 Å². The number of furan rings is 1.